The van der Waals surface area contributed by atoms with E-state index in [1.54, 1.807) is 25.3 Å². The second-order valence-corrected chi connectivity index (χ2v) is 4.21. The van der Waals surface area contributed by atoms with Gasteiger partial charge >= 0.3 is 0 Å². The van der Waals surface area contributed by atoms with Gasteiger partial charge in [0.15, 0.2) is 5.78 Å². The molecule has 0 heterocycles. The number of hydrogen-bond acceptors (Lipinski definition) is 4. The van der Waals surface area contributed by atoms with Crippen molar-refractivity contribution in [1.29, 1.82) is 0 Å². The molecule has 0 aliphatic carbocycles. The van der Waals surface area contributed by atoms with Crippen LogP contribution >= 0.6 is 12.4 Å². The summed E-state index contributed by atoms with van der Waals surface area (Å²) in [6.07, 6.45) is 0.202. The maximum absolute atomic E-state index is 11.8. The predicted octanol–water partition coefficient (Wildman–Crippen LogP) is 1.20. The molecule has 6 heteroatoms. The molecule has 0 radical (unpaired) electrons. The SMILES string of the molecule is CNCCNC(=O)Cc1cc(C(C)=O)ccc1OC.Cl. The molecule has 1 aromatic rings. The second-order valence-electron chi connectivity index (χ2n) is 4.21. The van der Waals surface area contributed by atoms with Crippen LogP contribution in [-0.2, 0) is 11.2 Å². The van der Waals surface area contributed by atoms with Gasteiger partial charge in [-0.3, -0.25) is 9.59 Å². The molecular formula is C14H21ClN2O3. The Morgan fingerprint density at radius 1 is 1.25 bits per heavy atom. The van der Waals surface area contributed by atoms with Gasteiger partial charge in [0.1, 0.15) is 5.75 Å². The maximum Gasteiger partial charge on any atom is 0.224 e. The third-order valence-corrected chi connectivity index (χ3v) is 2.74. The maximum atomic E-state index is 11.8. The van der Waals surface area contributed by atoms with E-state index < -0.39 is 0 Å². The van der Waals surface area contributed by atoms with E-state index in [1.807, 2.05) is 7.05 Å². The highest BCUT2D eigenvalue weighted by atomic mass is 35.5. The summed E-state index contributed by atoms with van der Waals surface area (Å²) in [7, 11) is 3.37. The van der Waals surface area contributed by atoms with E-state index in [9.17, 15) is 9.59 Å². The van der Waals surface area contributed by atoms with E-state index >= 15 is 0 Å². The monoisotopic (exact) mass is 300 g/mol. The Morgan fingerprint density at radius 3 is 2.50 bits per heavy atom. The molecule has 0 bridgehead atoms. The van der Waals surface area contributed by atoms with Crippen LogP contribution < -0.4 is 15.4 Å². The van der Waals surface area contributed by atoms with Gasteiger partial charge in [-0.25, -0.2) is 0 Å². The van der Waals surface area contributed by atoms with Crippen molar-refractivity contribution in [2.75, 3.05) is 27.2 Å². The Morgan fingerprint density at radius 2 is 1.95 bits per heavy atom. The summed E-state index contributed by atoms with van der Waals surface area (Å²) in [6.45, 7) is 2.79. The molecule has 20 heavy (non-hydrogen) atoms. The van der Waals surface area contributed by atoms with E-state index in [1.165, 1.54) is 6.92 Å². The van der Waals surface area contributed by atoms with Gasteiger partial charge in [-0.2, -0.15) is 0 Å². The smallest absolute Gasteiger partial charge is 0.224 e. The summed E-state index contributed by atoms with van der Waals surface area (Å²) in [5.41, 5.74) is 1.30. The number of carbonyl (C=O) groups is 2. The molecule has 0 atom stereocenters. The number of carbonyl (C=O) groups excluding carboxylic acids is 2. The fourth-order valence-electron chi connectivity index (χ4n) is 1.70. The third-order valence-electron chi connectivity index (χ3n) is 2.74. The zero-order valence-electron chi connectivity index (χ0n) is 12.0. The van der Waals surface area contributed by atoms with Crippen molar-refractivity contribution in [2.45, 2.75) is 13.3 Å². The molecule has 1 amide bonds. The molecule has 1 aromatic carbocycles. The highest BCUT2D eigenvalue weighted by molar-refractivity contribution is 5.94. The Labute approximate surface area is 125 Å². The lowest BCUT2D eigenvalue weighted by Gasteiger charge is -2.10. The lowest BCUT2D eigenvalue weighted by Crippen LogP contribution is -2.31. The summed E-state index contributed by atoms with van der Waals surface area (Å²) in [6, 6.07) is 5.12. The molecule has 5 nitrogen and oxygen atoms in total. The average molecular weight is 301 g/mol. The van der Waals surface area contributed by atoms with E-state index in [4.69, 9.17) is 4.74 Å². The minimum absolute atomic E-state index is 0. The number of amides is 1. The molecule has 0 aliphatic rings. The van der Waals surface area contributed by atoms with E-state index in [2.05, 4.69) is 10.6 Å². The highest BCUT2D eigenvalue weighted by Gasteiger charge is 2.11. The Hall–Kier alpha value is -1.59. The zero-order chi connectivity index (χ0) is 14.3. The lowest BCUT2D eigenvalue weighted by atomic mass is 10.0. The molecule has 0 spiro atoms. The van der Waals surface area contributed by atoms with E-state index in [0.717, 1.165) is 12.1 Å². The van der Waals surface area contributed by atoms with Gasteiger partial charge in [-0.1, -0.05) is 0 Å². The van der Waals surface area contributed by atoms with Crippen LogP contribution in [0.2, 0.25) is 0 Å². The fourth-order valence-corrected chi connectivity index (χ4v) is 1.70. The second kappa shape index (κ2) is 9.34. The van der Waals surface area contributed by atoms with E-state index in [-0.39, 0.29) is 30.5 Å². The normalized spacial score (nSPS) is 9.55. The predicted molar refractivity (Wildman–Crippen MR) is 80.9 cm³/mol. The summed E-state index contributed by atoms with van der Waals surface area (Å²) < 4.78 is 5.20. The van der Waals surface area contributed by atoms with Crippen molar-refractivity contribution in [3.05, 3.63) is 29.3 Å². The molecule has 2 N–H and O–H groups in total. The molecule has 1 rings (SSSR count). The summed E-state index contributed by atoms with van der Waals surface area (Å²) >= 11 is 0. The summed E-state index contributed by atoms with van der Waals surface area (Å²) in [4.78, 5) is 23.1. The largest absolute Gasteiger partial charge is 0.496 e. The molecule has 0 saturated carbocycles. The number of ketones is 1. The van der Waals surface area contributed by atoms with Crippen LogP contribution in [0.3, 0.4) is 0 Å². The molecule has 0 fully saturated rings. The third kappa shape index (κ3) is 5.59. The number of rotatable bonds is 7. The van der Waals surface area contributed by atoms with Crippen LogP contribution in [0, 0.1) is 0 Å². The number of likely N-dealkylation sites (N-methyl/N-ethyl adjacent to an activating group) is 1. The number of benzene rings is 1. The van der Waals surface area contributed by atoms with Crippen molar-refractivity contribution in [3.63, 3.8) is 0 Å². The number of methoxy groups -OCH3 is 1. The van der Waals surface area contributed by atoms with Crippen molar-refractivity contribution in [1.82, 2.24) is 10.6 Å². The van der Waals surface area contributed by atoms with Gasteiger partial charge in [-0.05, 0) is 32.2 Å². The van der Waals surface area contributed by atoms with Gasteiger partial charge in [0.25, 0.3) is 0 Å². The Bertz CT molecular complexity index is 464. The van der Waals surface area contributed by atoms with Crippen molar-refractivity contribution >= 4 is 24.1 Å². The summed E-state index contributed by atoms with van der Waals surface area (Å²) in [5.74, 6) is 0.502. The van der Waals surface area contributed by atoms with Gasteiger partial charge in [0, 0.05) is 24.2 Å². The molecule has 0 aromatic heterocycles. The molecule has 0 aliphatic heterocycles. The standard InChI is InChI=1S/C14H20N2O3.ClH/c1-10(17)11-4-5-13(19-3)12(8-11)9-14(18)16-7-6-15-2;/h4-5,8,15H,6-7,9H2,1-3H3,(H,16,18);1H. The van der Waals surface area contributed by atoms with Crippen LogP contribution in [0.4, 0.5) is 0 Å². The molecular weight excluding hydrogens is 280 g/mol. The first-order valence-electron chi connectivity index (χ1n) is 6.17. The average Bonchev–Trinajstić information content (AvgIpc) is 2.38. The number of halogens is 1. The Balaban J connectivity index is 0.00000361. The van der Waals surface area contributed by atoms with Gasteiger partial charge < -0.3 is 15.4 Å². The first-order valence-corrected chi connectivity index (χ1v) is 6.17. The minimum Gasteiger partial charge on any atom is -0.496 e. The highest BCUT2D eigenvalue weighted by Crippen LogP contribution is 2.20. The van der Waals surface area contributed by atoms with Crippen LogP contribution in [0.15, 0.2) is 18.2 Å². The molecule has 0 saturated heterocycles. The topological polar surface area (TPSA) is 67.4 Å². The zero-order valence-corrected chi connectivity index (χ0v) is 12.8. The van der Waals surface area contributed by atoms with Gasteiger partial charge in [0.05, 0.1) is 13.5 Å². The van der Waals surface area contributed by atoms with Crippen LogP contribution in [0.25, 0.3) is 0 Å². The Kier molecular flexibility index (Phi) is 8.59. The van der Waals surface area contributed by atoms with Crippen molar-refractivity contribution in [2.24, 2.45) is 0 Å². The number of hydrogen-bond donors (Lipinski definition) is 2. The number of nitrogens with one attached hydrogen (secondary N) is 2. The quantitative estimate of drug-likeness (QED) is 0.586. The molecule has 112 valence electrons. The van der Waals surface area contributed by atoms with Gasteiger partial charge in [-0.15, -0.1) is 12.4 Å². The molecule has 0 unspecified atom stereocenters. The number of Topliss-reactive ketones (excluding diaryl/α,β-unsaturated/α-hetero) is 1. The minimum atomic E-state index is -0.0887. The van der Waals surface area contributed by atoms with Crippen molar-refractivity contribution in [3.8, 4) is 5.75 Å². The van der Waals surface area contributed by atoms with Crippen molar-refractivity contribution < 1.29 is 14.3 Å². The lowest BCUT2D eigenvalue weighted by molar-refractivity contribution is -0.120. The fraction of sp³-hybridized carbons (Fsp3) is 0.429. The number of ether oxygens (including phenoxy) is 1. The first kappa shape index (κ1) is 18.4. The van der Waals surface area contributed by atoms with Crippen LogP contribution in [-0.4, -0.2) is 38.9 Å². The van der Waals surface area contributed by atoms with Crippen LogP contribution in [0.5, 0.6) is 5.75 Å². The van der Waals surface area contributed by atoms with E-state index in [0.29, 0.717) is 17.9 Å². The van der Waals surface area contributed by atoms with Crippen LogP contribution in [0.1, 0.15) is 22.8 Å². The summed E-state index contributed by atoms with van der Waals surface area (Å²) in [5, 5.41) is 5.74. The van der Waals surface area contributed by atoms with Gasteiger partial charge in [0.2, 0.25) is 5.91 Å². The first-order chi connectivity index (χ1) is 9.08.